The minimum absolute atomic E-state index is 0.288. The van der Waals surface area contributed by atoms with Crippen LogP contribution in [0.2, 0.25) is 0 Å². The summed E-state index contributed by atoms with van der Waals surface area (Å²) in [6.45, 7) is 2.64. The van der Waals surface area contributed by atoms with Crippen LogP contribution < -0.4 is 5.11 Å². The number of ether oxygens (including phenoxy) is 1. The standard InChI is InChI=1S/C21H37NO4/c1-5-6-7-8-9-10-11-12-13-14-15-16-21(25)26-19(17-20(23)24)18-22(2,3)4/h13-16,19H,5-12,17-18H2,1-4H3/t19-/m1/s1/i2+1,3+1,4+1. The van der Waals surface area contributed by atoms with E-state index in [9.17, 15) is 14.7 Å². The van der Waals surface area contributed by atoms with E-state index in [1.165, 1.54) is 44.6 Å². The Labute approximate surface area is 159 Å². The molecule has 5 heteroatoms. The fourth-order valence-corrected chi connectivity index (χ4v) is 2.67. The molecular weight excluding hydrogens is 333 g/mol. The van der Waals surface area contributed by atoms with Crippen LogP contribution in [-0.4, -0.2) is 50.2 Å². The van der Waals surface area contributed by atoms with E-state index in [2.05, 4.69) is 6.92 Å². The highest BCUT2D eigenvalue weighted by Crippen LogP contribution is 2.09. The number of likely N-dealkylation sites (N-methyl/N-ethyl adjacent to an activating group) is 1. The lowest BCUT2D eigenvalue weighted by atomic mass is 10.1. The molecule has 0 aliphatic carbocycles. The molecule has 0 bridgehead atoms. The van der Waals surface area contributed by atoms with Crippen molar-refractivity contribution < 1.29 is 23.9 Å². The van der Waals surface area contributed by atoms with E-state index in [0.717, 1.165) is 12.8 Å². The number of nitrogens with zero attached hydrogens (tertiary/aromatic N) is 1. The molecule has 0 aromatic carbocycles. The monoisotopic (exact) mass is 370 g/mol. The molecule has 0 radical (unpaired) electrons. The number of quaternary nitrogens is 1. The van der Waals surface area contributed by atoms with Gasteiger partial charge in [-0.3, -0.25) is 0 Å². The Balaban J connectivity index is 4.02. The molecule has 0 amide bonds. The van der Waals surface area contributed by atoms with Crippen LogP contribution in [-0.2, 0) is 14.3 Å². The topological polar surface area (TPSA) is 66.4 Å². The van der Waals surface area contributed by atoms with Gasteiger partial charge >= 0.3 is 5.97 Å². The van der Waals surface area contributed by atoms with Gasteiger partial charge in [-0.05, 0) is 12.8 Å². The Morgan fingerprint density at radius 1 is 1.00 bits per heavy atom. The van der Waals surface area contributed by atoms with Crippen LogP contribution in [0.4, 0.5) is 0 Å². The Morgan fingerprint density at radius 3 is 2.19 bits per heavy atom. The molecule has 5 nitrogen and oxygen atoms in total. The van der Waals surface area contributed by atoms with Crippen LogP contribution in [0.1, 0.15) is 64.7 Å². The molecule has 0 saturated carbocycles. The summed E-state index contributed by atoms with van der Waals surface area (Å²) in [4.78, 5) is 22.6. The third-order valence-corrected chi connectivity index (χ3v) is 3.88. The molecule has 0 heterocycles. The molecule has 0 fully saturated rings. The molecule has 26 heavy (non-hydrogen) atoms. The number of unbranched alkanes of at least 4 members (excludes halogenated alkanes) is 7. The van der Waals surface area contributed by atoms with Gasteiger partial charge in [0.1, 0.15) is 6.54 Å². The van der Waals surface area contributed by atoms with Crippen LogP contribution in [0.3, 0.4) is 0 Å². The molecule has 0 aromatic heterocycles. The third kappa shape index (κ3) is 17.2. The summed E-state index contributed by atoms with van der Waals surface area (Å²) in [7, 11) is 5.75. The number of carboxylic acid groups (broad SMARTS) is 1. The zero-order valence-corrected chi connectivity index (χ0v) is 17.0. The summed E-state index contributed by atoms with van der Waals surface area (Å²) in [6, 6.07) is 0. The molecule has 0 aliphatic rings. The third-order valence-electron chi connectivity index (χ3n) is 3.88. The van der Waals surface area contributed by atoms with Crippen molar-refractivity contribution in [2.24, 2.45) is 0 Å². The number of aliphatic carboxylic acids is 1. The number of carbonyl (C=O) groups is 2. The normalized spacial score (nSPS) is 13.4. The quantitative estimate of drug-likeness (QED) is 0.111. The molecular formula is C21H37NO4. The maximum absolute atomic E-state index is 11.8. The zero-order chi connectivity index (χ0) is 19.8. The fourth-order valence-electron chi connectivity index (χ4n) is 2.67. The van der Waals surface area contributed by atoms with Gasteiger partial charge < -0.3 is 19.1 Å². The number of esters is 1. The summed E-state index contributed by atoms with van der Waals surface area (Å²) in [5.74, 6) is -1.74. The first kappa shape index (κ1) is 24.4. The molecule has 0 aromatic rings. The second-order valence-electron chi connectivity index (χ2n) is 7.81. The largest absolute Gasteiger partial charge is 0.550 e. The van der Waals surface area contributed by atoms with Crippen LogP contribution in [0, 0.1) is 0 Å². The van der Waals surface area contributed by atoms with Crippen molar-refractivity contribution in [1.82, 2.24) is 0 Å². The van der Waals surface area contributed by atoms with Crippen molar-refractivity contribution in [2.45, 2.75) is 70.8 Å². The van der Waals surface area contributed by atoms with Crippen molar-refractivity contribution in [2.75, 3.05) is 27.7 Å². The summed E-state index contributed by atoms with van der Waals surface area (Å²) in [5, 5.41) is 10.8. The van der Waals surface area contributed by atoms with Crippen molar-refractivity contribution >= 4 is 11.9 Å². The number of hydrogen-bond donors (Lipinski definition) is 0. The number of carbonyl (C=O) groups excluding carboxylic acids is 2. The van der Waals surface area contributed by atoms with Gasteiger partial charge in [0.05, 0.1) is 21.1 Å². The molecule has 0 unspecified atom stereocenters. The predicted octanol–water partition coefficient (Wildman–Crippen LogP) is 3.00. The number of carboxylic acids is 1. The molecule has 0 saturated heterocycles. The lowest BCUT2D eigenvalue weighted by Crippen LogP contribution is -2.45. The van der Waals surface area contributed by atoms with E-state index in [4.69, 9.17) is 4.74 Å². The van der Waals surface area contributed by atoms with E-state index >= 15 is 0 Å². The molecule has 0 aliphatic heterocycles. The van der Waals surface area contributed by atoms with Gasteiger partial charge in [-0.25, -0.2) is 4.79 Å². The van der Waals surface area contributed by atoms with Gasteiger partial charge in [-0.2, -0.15) is 0 Å². The first-order chi connectivity index (χ1) is 12.2. The van der Waals surface area contributed by atoms with Crippen molar-refractivity contribution in [3.8, 4) is 0 Å². The Hall–Kier alpha value is -1.62. The van der Waals surface area contributed by atoms with Crippen LogP contribution in [0.5, 0.6) is 0 Å². The maximum Gasteiger partial charge on any atom is 0.331 e. The summed E-state index contributed by atoms with van der Waals surface area (Å²) in [5.41, 5.74) is 0. The lowest BCUT2D eigenvalue weighted by Gasteiger charge is -2.28. The molecule has 0 rings (SSSR count). The minimum Gasteiger partial charge on any atom is -0.550 e. The van der Waals surface area contributed by atoms with Crippen molar-refractivity contribution in [3.63, 3.8) is 0 Å². The van der Waals surface area contributed by atoms with E-state index in [0.29, 0.717) is 11.0 Å². The SMILES string of the molecule is CCCCCCCCCC=CC=CC(=O)O[C@H](CC(=O)[O-])C[N+]([13CH3])([13CH3])[13CH3]. The van der Waals surface area contributed by atoms with Gasteiger partial charge in [0.15, 0.2) is 6.10 Å². The minimum atomic E-state index is -1.21. The van der Waals surface area contributed by atoms with Gasteiger partial charge in [-0.15, -0.1) is 0 Å². The number of rotatable bonds is 15. The first-order valence-corrected chi connectivity index (χ1v) is 9.78. The van der Waals surface area contributed by atoms with Gasteiger partial charge in [0.2, 0.25) is 0 Å². The first-order valence-electron chi connectivity index (χ1n) is 9.78. The van der Waals surface area contributed by atoms with Crippen LogP contribution in [0.25, 0.3) is 0 Å². The Morgan fingerprint density at radius 2 is 1.62 bits per heavy atom. The van der Waals surface area contributed by atoms with Crippen LogP contribution in [0.15, 0.2) is 24.3 Å². The van der Waals surface area contributed by atoms with Crippen molar-refractivity contribution in [3.05, 3.63) is 24.3 Å². The zero-order valence-electron chi connectivity index (χ0n) is 17.0. The van der Waals surface area contributed by atoms with Gasteiger partial charge in [-0.1, -0.05) is 63.7 Å². The highest BCUT2D eigenvalue weighted by molar-refractivity contribution is 5.82. The highest BCUT2D eigenvalue weighted by atomic mass is 16.5. The van der Waals surface area contributed by atoms with Crippen LogP contribution >= 0.6 is 0 Å². The lowest BCUT2D eigenvalue weighted by molar-refractivity contribution is -0.873. The smallest absolute Gasteiger partial charge is 0.331 e. The molecule has 1 atom stereocenters. The second-order valence-corrected chi connectivity index (χ2v) is 7.81. The van der Waals surface area contributed by atoms with E-state index in [1.807, 2.05) is 33.3 Å². The Bertz CT molecular complexity index is 449. The van der Waals surface area contributed by atoms with E-state index in [-0.39, 0.29) is 6.42 Å². The van der Waals surface area contributed by atoms with E-state index in [1.54, 1.807) is 6.08 Å². The molecule has 0 N–H and O–H groups in total. The summed E-state index contributed by atoms with van der Waals surface area (Å²) < 4.78 is 5.74. The average molecular weight is 371 g/mol. The summed E-state index contributed by atoms with van der Waals surface area (Å²) >= 11 is 0. The van der Waals surface area contributed by atoms with E-state index < -0.39 is 18.0 Å². The van der Waals surface area contributed by atoms with Gasteiger partial charge in [0, 0.05) is 18.5 Å². The maximum atomic E-state index is 11.8. The fraction of sp³-hybridized carbons (Fsp3) is 0.714. The van der Waals surface area contributed by atoms with Crippen molar-refractivity contribution in [1.29, 1.82) is 0 Å². The Kier molecular flexibility index (Phi) is 13.6. The van der Waals surface area contributed by atoms with Gasteiger partial charge in [0.25, 0.3) is 0 Å². The predicted molar refractivity (Wildman–Crippen MR) is 103 cm³/mol. The number of allylic oxidation sites excluding steroid dienone is 3. The summed E-state index contributed by atoms with van der Waals surface area (Å²) in [6.07, 6.45) is 15.9. The highest BCUT2D eigenvalue weighted by Gasteiger charge is 2.21. The molecule has 150 valence electrons. The second kappa shape index (κ2) is 14.5. The average Bonchev–Trinajstić information content (AvgIpc) is 2.50. The number of hydrogen-bond acceptors (Lipinski definition) is 4. The molecule has 0 spiro atoms.